The number of esters is 1. The predicted molar refractivity (Wildman–Crippen MR) is 76.9 cm³/mol. The smallest absolute Gasteiger partial charge is 0.315 e. The summed E-state index contributed by atoms with van der Waals surface area (Å²) in [7, 11) is 1.39. The topological polar surface area (TPSA) is 78.1 Å². The van der Waals surface area contributed by atoms with Gasteiger partial charge in [-0.05, 0) is 25.5 Å². The number of nitrogens with two attached hydrogens (primary N) is 1. The molecule has 0 atom stereocenters. The van der Waals surface area contributed by atoms with Crippen LogP contribution in [0.15, 0.2) is 36.5 Å². The molecule has 0 aliphatic heterocycles. The fourth-order valence-electron chi connectivity index (χ4n) is 1.92. The minimum absolute atomic E-state index is 0.273. The van der Waals surface area contributed by atoms with Crippen molar-refractivity contribution in [1.29, 1.82) is 0 Å². The Labute approximate surface area is 117 Å². The average molecular weight is 271 g/mol. The van der Waals surface area contributed by atoms with Crippen LogP contribution in [0.2, 0.25) is 0 Å². The highest BCUT2D eigenvalue weighted by atomic mass is 16.5. The summed E-state index contributed by atoms with van der Waals surface area (Å²) in [6, 6.07) is 9.12. The Morgan fingerprint density at radius 3 is 2.40 bits per heavy atom. The molecule has 0 radical (unpaired) electrons. The van der Waals surface area contributed by atoms with Gasteiger partial charge in [0.1, 0.15) is 5.82 Å². The first-order chi connectivity index (χ1) is 9.45. The molecule has 0 amide bonds. The quantitative estimate of drug-likeness (QED) is 0.866. The number of carbonyl (C=O) groups excluding carboxylic acids is 1. The zero-order valence-electron chi connectivity index (χ0n) is 11.8. The van der Waals surface area contributed by atoms with Crippen molar-refractivity contribution in [3.8, 4) is 11.4 Å². The van der Waals surface area contributed by atoms with Crippen LogP contribution in [0.5, 0.6) is 0 Å². The molecular weight excluding hydrogens is 254 g/mol. The number of benzene rings is 1. The van der Waals surface area contributed by atoms with E-state index >= 15 is 0 Å². The lowest BCUT2D eigenvalue weighted by atomic mass is 9.84. The van der Waals surface area contributed by atoms with Crippen LogP contribution in [-0.4, -0.2) is 23.0 Å². The lowest BCUT2D eigenvalue weighted by Gasteiger charge is -2.22. The molecule has 0 saturated heterocycles. The number of anilines is 1. The van der Waals surface area contributed by atoms with Gasteiger partial charge in [0.05, 0.1) is 12.5 Å². The first kappa shape index (κ1) is 14.0. The van der Waals surface area contributed by atoms with Crippen LogP contribution in [0.3, 0.4) is 0 Å². The number of hydrogen-bond acceptors (Lipinski definition) is 5. The van der Waals surface area contributed by atoms with E-state index in [-0.39, 0.29) is 5.97 Å². The second kappa shape index (κ2) is 5.28. The van der Waals surface area contributed by atoms with Gasteiger partial charge in [0.15, 0.2) is 5.82 Å². The molecule has 0 aliphatic rings. The lowest BCUT2D eigenvalue weighted by molar-refractivity contribution is -0.146. The molecule has 20 heavy (non-hydrogen) atoms. The van der Waals surface area contributed by atoms with Crippen LogP contribution in [0.25, 0.3) is 11.4 Å². The second-order valence-electron chi connectivity index (χ2n) is 5.00. The van der Waals surface area contributed by atoms with E-state index < -0.39 is 5.41 Å². The van der Waals surface area contributed by atoms with Crippen LogP contribution in [0.1, 0.15) is 19.4 Å². The van der Waals surface area contributed by atoms with Crippen LogP contribution >= 0.6 is 0 Å². The third kappa shape index (κ3) is 2.61. The van der Waals surface area contributed by atoms with Crippen LogP contribution < -0.4 is 5.73 Å². The molecule has 0 bridgehead atoms. The molecule has 1 aromatic heterocycles. The number of aromatic nitrogens is 2. The summed E-state index contributed by atoms with van der Waals surface area (Å²) in [4.78, 5) is 20.1. The van der Waals surface area contributed by atoms with Crippen molar-refractivity contribution in [1.82, 2.24) is 9.97 Å². The maximum Gasteiger partial charge on any atom is 0.315 e. The molecule has 1 heterocycles. The van der Waals surface area contributed by atoms with Crippen molar-refractivity contribution in [3.63, 3.8) is 0 Å². The highest BCUT2D eigenvalue weighted by Gasteiger charge is 2.30. The average Bonchev–Trinajstić information content (AvgIpc) is 2.46. The summed E-state index contributed by atoms with van der Waals surface area (Å²) >= 11 is 0. The largest absolute Gasteiger partial charge is 0.468 e. The van der Waals surface area contributed by atoms with Gasteiger partial charge in [0, 0.05) is 11.8 Å². The number of methoxy groups -OCH3 is 1. The van der Waals surface area contributed by atoms with Crippen molar-refractivity contribution in [2.24, 2.45) is 0 Å². The number of carbonyl (C=O) groups is 1. The minimum atomic E-state index is -0.691. The van der Waals surface area contributed by atoms with Crippen LogP contribution in [-0.2, 0) is 14.9 Å². The standard InChI is InChI=1S/C15H17N3O2/c1-15(2,14(19)20-3)11-6-4-10(5-7-11)13-17-9-8-12(16)18-13/h4-9H,1-3H3,(H2,16,17,18). The molecule has 104 valence electrons. The van der Waals surface area contributed by atoms with E-state index in [4.69, 9.17) is 10.5 Å². The van der Waals surface area contributed by atoms with Gasteiger partial charge in [-0.15, -0.1) is 0 Å². The van der Waals surface area contributed by atoms with Gasteiger partial charge < -0.3 is 10.5 Å². The molecule has 1 aromatic carbocycles. The summed E-state index contributed by atoms with van der Waals surface area (Å²) in [5.41, 5.74) is 6.67. The molecule has 5 nitrogen and oxygen atoms in total. The molecule has 0 spiro atoms. The normalized spacial score (nSPS) is 11.2. The first-order valence-corrected chi connectivity index (χ1v) is 6.23. The number of nitrogens with zero attached hydrogens (tertiary/aromatic N) is 2. The van der Waals surface area contributed by atoms with Crippen molar-refractivity contribution >= 4 is 11.8 Å². The van der Waals surface area contributed by atoms with Gasteiger partial charge in [-0.1, -0.05) is 24.3 Å². The highest BCUT2D eigenvalue weighted by molar-refractivity contribution is 5.82. The fraction of sp³-hybridized carbons (Fsp3) is 0.267. The van der Waals surface area contributed by atoms with E-state index in [2.05, 4.69) is 9.97 Å². The van der Waals surface area contributed by atoms with Gasteiger partial charge in [0.2, 0.25) is 0 Å². The zero-order valence-corrected chi connectivity index (χ0v) is 11.8. The van der Waals surface area contributed by atoms with E-state index in [1.54, 1.807) is 12.3 Å². The second-order valence-corrected chi connectivity index (χ2v) is 5.00. The molecule has 5 heteroatoms. The van der Waals surface area contributed by atoms with Gasteiger partial charge in [0.25, 0.3) is 0 Å². The van der Waals surface area contributed by atoms with Crippen molar-refractivity contribution in [2.75, 3.05) is 12.8 Å². The van der Waals surface area contributed by atoms with E-state index in [0.717, 1.165) is 11.1 Å². The molecule has 2 aromatic rings. The predicted octanol–water partition coefficient (Wildman–Crippen LogP) is 2.18. The highest BCUT2D eigenvalue weighted by Crippen LogP contribution is 2.26. The number of rotatable bonds is 3. The summed E-state index contributed by atoms with van der Waals surface area (Å²) in [6.45, 7) is 3.65. The summed E-state index contributed by atoms with van der Waals surface area (Å²) in [6.07, 6.45) is 1.62. The SMILES string of the molecule is COC(=O)C(C)(C)c1ccc(-c2nccc(N)n2)cc1. The Bertz CT molecular complexity index is 621. The number of nitrogen functional groups attached to an aromatic ring is 1. The molecule has 0 fully saturated rings. The molecule has 0 saturated carbocycles. The van der Waals surface area contributed by atoms with Gasteiger partial charge in [-0.3, -0.25) is 4.79 Å². The third-order valence-corrected chi connectivity index (χ3v) is 3.24. The maximum atomic E-state index is 11.8. The van der Waals surface area contributed by atoms with Gasteiger partial charge in [-0.25, -0.2) is 9.97 Å². The number of ether oxygens (including phenoxy) is 1. The Balaban J connectivity index is 2.33. The monoisotopic (exact) mass is 271 g/mol. The van der Waals surface area contributed by atoms with E-state index in [1.165, 1.54) is 7.11 Å². The summed E-state index contributed by atoms with van der Waals surface area (Å²) in [5.74, 6) is 0.715. The van der Waals surface area contributed by atoms with Crippen LogP contribution in [0.4, 0.5) is 5.82 Å². The fourth-order valence-corrected chi connectivity index (χ4v) is 1.92. The molecule has 0 aliphatic carbocycles. The lowest BCUT2D eigenvalue weighted by Crippen LogP contribution is -2.30. The first-order valence-electron chi connectivity index (χ1n) is 6.23. The Kier molecular flexibility index (Phi) is 3.70. The number of hydrogen-bond donors (Lipinski definition) is 1. The van der Waals surface area contributed by atoms with Crippen molar-refractivity contribution in [3.05, 3.63) is 42.1 Å². The summed E-state index contributed by atoms with van der Waals surface area (Å²) in [5, 5.41) is 0. The molecular formula is C15H17N3O2. The molecule has 0 unspecified atom stereocenters. The summed E-state index contributed by atoms with van der Waals surface area (Å²) < 4.78 is 4.82. The third-order valence-electron chi connectivity index (χ3n) is 3.24. The van der Waals surface area contributed by atoms with Crippen LogP contribution in [0, 0.1) is 0 Å². The van der Waals surface area contributed by atoms with Gasteiger partial charge in [-0.2, -0.15) is 0 Å². The van der Waals surface area contributed by atoms with E-state index in [9.17, 15) is 4.79 Å². The Morgan fingerprint density at radius 1 is 1.20 bits per heavy atom. The molecule has 2 rings (SSSR count). The van der Waals surface area contributed by atoms with Gasteiger partial charge >= 0.3 is 5.97 Å². The van der Waals surface area contributed by atoms with E-state index in [0.29, 0.717) is 11.6 Å². The maximum absolute atomic E-state index is 11.8. The zero-order chi connectivity index (χ0) is 14.8. The Morgan fingerprint density at radius 2 is 1.85 bits per heavy atom. The van der Waals surface area contributed by atoms with Crippen molar-refractivity contribution < 1.29 is 9.53 Å². The van der Waals surface area contributed by atoms with E-state index in [1.807, 2.05) is 38.1 Å². The van der Waals surface area contributed by atoms with Crippen molar-refractivity contribution in [2.45, 2.75) is 19.3 Å². The molecule has 2 N–H and O–H groups in total. The minimum Gasteiger partial charge on any atom is -0.468 e. The Hall–Kier alpha value is -2.43.